The molecule has 1 aliphatic carbocycles. The fraction of sp³-hybridized carbons (Fsp3) is 0.833. The van der Waals surface area contributed by atoms with Gasteiger partial charge in [0.1, 0.15) is 0 Å². The van der Waals surface area contributed by atoms with Crippen molar-refractivity contribution in [2.24, 2.45) is 5.92 Å². The van der Waals surface area contributed by atoms with Gasteiger partial charge in [0.15, 0.2) is 6.04 Å². The van der Waals surface area contributed by atoms with Crippen LogP contribution >= 0.6 is 0 Å². The van der Waals surface area contributed by atoms with Gasteiger partial charge in [0.25, 0.3) is 0 Å². The molecule has 1 aliphatic rings. The maximum Gasteiger partial charge on any atom is 0.328 e. The van der Waals surface area contributed by atoms with E-state index in [-0.39, 0.29) is 18.6 Å². The zero-order valence-corrected chi connectivity index (χ0v) is 10.4. The molecule has 0 bridgehead atoms. The molecule has 1 rings (SSSR count). The minimum atomic E-state index is -1.05. The number of hydrogen-bond donors (Lipinski definition) is 2. The Morgan fingerprint density at radius 1 is 1.47 bits per heavy atom. The molecule has 0 radical (unpaired) electrons. The van der Waals surface area contributed by atoms with E-state index in [1.807, 2.05) is 0 Å². The van der Waals surface area contributed by atoms with Gasteiger partial charge in [0.2, 0.25) is 5.91 Å². The summed E-state index contributed by atoms with van der Waals surface area (Å²) in [7, 11) is 0. The molecule has 0 spiro atoms. The molecule has 5 heteroatoms. The quantitative estimate of drug-likeness (QED) is 0.760. The van der Waals surface area contributed by atoms with E-state index >= 15 is 0 Å². The minimum Gasteiger partial charge on any atom is -0.480 e. The van der Waals surface area contributed by atoms with Crippen molar-refractivity contribution in [2.75, 3.05) is 6.61 Å². The molecule has 1 saturated carbocycles. The lowest BCUT2D eigenvalue weighted by Gasteiger charge is -2.27. The first kappa shape index (κ1) is 14.0. The smallest absolute Gasteiger partial charge is 0.328 e. The van der Waals surface area contributed by atoms with Crippen molar-refractivity contribution in [3.8, 4) is 0 Å². The molecule has 5 nitrogen and oxygen atoms in total. The van der Waals surface area contributed by atoms with Crippen molar-refractivity contribution in [1.29, 1.82) is 0 Å². The molecule has 1 amide bonds. The van der Waals surface area contributed by atoms with Gasteiger partial charge < -0.3 is 15.2 Å². The Morgan fingerprint density at radius 3 is 2.71 bits per heavy atom. The topological polar surface area (TPSA) is 75.6 Å². The zero-order chi connectivity index (χ0) is 12.8. The van der Waals surface area contributed by atoms with E-state index in [2.05, 4.69) is 12.2 Å². The van der Waals surface area contributed by atoms with Crippen LogP contribution in [0.15, 0.2) is 0 Å². The van der Waals surface area contributed by atoms with E-state index in [1.165, 1.54) is 13.3 Å². The molecule has 0 aromatic heterocycles. The second-order valence-electron chi connectivity index (χ2n) is 4.82. The van der Waals surface area contributed by atoms with Crippen LogP contribution in [0.5, 0.6) is 0 Å². The Labute approximate surface area is 102 Å². The summed E-state index contributed by atoms with van der Waals surface area (Å²) in [6.07, 6.45) is 4.44. The largest absolute Gasteiger partial charge is 0.480 e. The number of rotatable bonds is 5. The number of aliphatic carboxylic acids is 1. The van der Waals surface area contributed by atoms with Crippen LogP contribution in [0.3, 0.4) is 0 Å². The van der Waals surface area contributed by atoms with E-state index < -0.39 is 12.0 Å². The molecular weight excluding hydrogens is 222 g/mol. The molecule has 17 heavy (non-hydrogen) atoms. The van der Waals surface area contributed by atoms with Crippen molar-refractivity contribution >= 4 is 11.9 Å². The first-order chi connectivity index (χ1) is 7.99. The summed E-state index contributed by atoms with van der Waals surface area (Å²) in [5.41, 5.74) is 0. The summed E-state index contributed by atoms with van der Waals surface area (Å²) >= 11 is 0. The Morgan fingerprint density at radius 2 is 2.18 bits per heavy atom. The molecule has 3 unspecified atom stereocenters. The molecular formula is C12H21NO4. The Hall–Kier alpha value is -1.10. The van der Waals surface area contributed by atoms with Crippen molar-refractivity contribution in [2.45, 2.75) is 51.7 Å². The highest BCUT2D eigenvalue weighted by molar-refractivity contribution is 5.82. The lowest BCUT2D eigenvalue weighted by molar-refractivity contribution is -0.144. The molecule has 0 aromatic carbocycles. The summed E-state index contributed by atoms with van der Waals surface area (Å²) in [6.45, 7) is 3.53. The van der Waals surface area contributed by atoms with Crippen LogP contribution in [0.1, 0.15) is 39.5 Å². The maximum absolute atomic E-state index is 10.9. The molecule has 98 valence electrons. The van der Waals surface area contributed by atoms with Gasteiger partial charge in [-0.25, -0.2) is 4.79 Å². The van der Waals surface area contributed by atoms with Crippen LogP contribution in [0.4, 0.5) is 0 Å². The highest BCUT2D eigenvalue weighted by Gasteiger charge is 2.23. The summed E-state index contributed by atoms with van der Waals surface area (Å²) in [6, 6.07) is -0.940. The predicted molar refractivity (Wildman–Crippen MR) is 62.6 cm³/mol. The Kier molecular flexibility index (Phi) is 5.41. The first-order valence-electron chi connectivity index (χ1n) is 6.10. The average molecular weight is 243 g/mol. The fourth-order valence-corrected chi connectivity index (χ4v) is 2.18. The number of nitrogens with one attached hydrogen (secondary N) is 1. The van der Waals surface area contributed by atoms with Crippen LogP contribution in [0.2, 0.25) is 0 Å². The first-order valence-corrected chi connectivity index (χ1v) is 6.10. The number of amides is 1. The monoisotopic (exact) mass is 243 g/mol. The fourth-order valence-electron chi connectivity index (χ4n) is 2.18. The Bertz CT molecular complexity index is 280. The standard InChI is InChI=1S/C12H21NO4/c1-8-4-3-5-10(6-8)17-7-11(12(15)16)13-9(2)14/h8,10-11H,3-7H2,1-2H3,(H,13,14)(H,15,16). The van der Waals surface area contributed by atoms with Gasteiger partial charge in [-0.15, -0.1) is 0 Å². The zero-order valence-electron chi connectivity index (χ0n) is 10.4. The summed E-state index contributed by atoms with van der Waals surface area (Å²) in [5.74, 6) is -0.764. The van der Waals surface area contributed by atoms with E-state index in [1.54, 1.807) is 0 Å². The van der Waals surface area contributed by atoms with Gasteiger partial charge in [-0.05, 0) is 18.8 Å². The Balaban J connectivity index is 2.35. The molecule has 0 heterocycles. The van der Waals surface area contributed by atoms with E-state index in [0.29, 0.717) is 5.92 Å². The average Bonchev–Trinajstić information content (AvgIpc) is 2.23. The van der Waals surface area contributed by atoms with Crippen LogP contribution < -0.4 is 5.32 Å². The van der Waals surface area contributed by atoms with Gasteiger partial charge in [-0.2, -0.15) is 0 Å². The maximum atomic E-state index is 10.9. The lowest BCUT2D eigenvalue weighted by atomic mass is 9.89. The van der Waals surface area contributed by atoms with Crippen molar-refractivity contribution in [3.63, 3.8) is 0 Å². The number of ether oxygens (including phenoxy) is 1. The molecule has 0 aliphatic heterocycles. The third-order valence-electron chi connectivity index (χ3n) is 3.06. The molecule has 1 fully saturated rings. The highest BCUT2D eigenvalue weighted by Crippen LogP contribution is 2.25. The molecule has 2 N–H and O–H groups in total. The minimum absolute atomic E-state index is 0.0479. The SMILES string of the molecule is CC(=O)NC(COC1CCCC(C)C1)C(=O)O. The van der Waals surface area contributed by atoms with Crippen LogP contribution in [0, 0.1) is 5.92 Å². The van der Waals surface area contributed by atoms with Gasteiger partial charge in [-0.1, -0.05) is 19.8 Å². The van der Waals surface area contributed by atoms with Crippen molar-refractivity contribution in [1.82, 2.24) is 5.32 Å². The van der Waals surface area contributed by atoms with Gasteiger partial charge in [-0.3, -0.25) is 4.79 Å². The number of carbonyl (C=O) groups is 2. The third kappa shape index (κ3) is 5.17. The predicted octanol–water partition coefficient (Wildman–Crippen LogP) is 1.17. The van der Waals surface area contributed by atoms with Gasteiger partial charge >= 0.3 is 5.97 Å². The third-order valence-corrected chi connectivity index (χ3v) is 3.06. The van der Waals surface area contributed by atoms with Gasteiger partial charge in [0, 0.05) is 6.92 Å². The summed E-state index contributed by atoms with van der Waals surface area (Å²) in [5, 5.41) is 11.3. The van der Waals surface area contributed by atoms with Crippen LogP contribution in [0.25, 0.3) is 0 Å². The molecule has 0 saturated heterocycles. The second-order valence-corrected chi connectivity index (χ2v) is 4.82. The van der Waals surface area contributed by atoms with Crippen LogP contribution in [-0.4, -0.2) is 35.7 Å². The number of carbonyl (C=O) groups excluding carboxylic acids is 1. The van der Waals surface area contributed by atoms with E-state index in [9.17, 15) is 9.59 Å². The number of carboxylic acid groups (broad SMARTS) is 1. The van der Waals surface area contributed by atoms with Crippen molar-refractivity contribution < 1.29 is 19.4 Å². The number of carboxylic acids is 1. The normalized spacial score (nSPS) is 26.2. The second kappa shape index (κ2) is 6.59. The number of hydrogen-bond acceptors (Lipinski definition) is 3. The van der Waals surface area contributed by atoms with Crippen molar-refractivity contribution in [3.05, 3.63) is 0 Å². The molecule has 0 aromatic rings. The van der Waals surface area contributed by atoms with Crippen LogP contribution in [-0.2, 0) is 14.3 Å². The molecule has 3 atom stereocenters. The summed E-state index contributed by atoms with van der Waals surface area (Å²) < 4.78 is 5.58. The van der Waals surface area contributed by atoms with Gasteiger partial charge in [0.05, 0.1) is 12.7 Å². The summed E-state index contributed by atoms with van der Waals surface area (Å²) in [4.78, 5) is 21.7. The lowest BCUT2D eigenvalue weighted by Crippen LogP contribution is -2.44. The highest BCUT2D eigenvalue weighted by atomic mass is 16.5. The van der Waals surface area contributed by atoms with E-state index in [0.717, 1.165) is 19.3 Å². The van der Waals surface area contributed by atoms with E-state index in [4.69, 9.17) is 9.84 Å².